The van der Waals surface area contributed by atoms with Crippen molar-refractivity contribution in [3.8, 4) is 0 Å². The van der Waals surface area contributed by atoms with Crippen LogP contribution in [0.1, 0.15) is 18.1 Å². The third-order valence-electron chi connectivity index (χ3n) is 2.90. The molecule has 0 radical (unpaired) electrons. The summed E-state index contributed by atoms with van der Waals surface area (Å²) in [5.41, 5.74) is 5.66. The summed E-state index contributed by atoms with van der Waals surface area (Å²) in [4.78, 5) is 0. The molecule has 0 aliphatic rings. The van der Waals surface area contributed by atoms with Crippen LogP contribution in [0, 0.1) is 0 Å². The van der Waals surface area contributed by atoms with Crippen molar-refractivity contribution in [1.29, 1.82) is 0 Å². The van der Waals surface area contributed by atoms with E-state index in [1.807, 2.05) is 12.2 Å². The van der Waals surface area contributed by atoms with E-state index in [4.69, 9.17) is 11.7 Å². The van der Waals surface area contributed by atoms with Gasteiger partial charge in [-0.05, 0) is 24.0 Å². The number of hydrogen-bond acceptors (Lipinski definition) is 3. The van der Waals surface area contributed by atoms with Crippen LogP contribution in [0.15, 0.2) is 65.8 Å². The lowest BCUT2D eigenvalue weighted by Crippen LogP contribution is -2.31. The Kier molecular flexibility index (Phi) is 6.85. The van der Waals surface area contributed by atoms with Gasteiger partial charge in [-0.15, -0.1) is 0 Å². The molecular weight excluding hydrogens is 248 g/mol. The maximum absolute atomic E-state index is 5.24. The Labute approximate surface area is 120 Å². The Hall–Kier alpha value is -2.33. The van der Waals surface area contributed by atoms with Crippen molar-refractivity contribution in [3.05, 3.63) is 71.8 Å². The first kappa shape index (κ1) is 15.7. The second kappa shape index (κ2) is 8.72. The lowest BCUT2D eigenvalue weighted by atomic mass is 10.1. The molecule has 1 aromatic carbocycles. The fraction of sp³-hybridized carbons (Fsp3) is 0.188. The molecule has 0 aliphatic heterocycles. The number of nitrogens with two attached hydrogens (primary N) is 2. The monoisotopic (exact) mass is 270 g/mol. The van der Waals surface area contributed by atoms with Crippen LogP contribution in [0.25, 0.3) is 0 Å². The number of nitrogens with zero attached hydrogens (tertiary/aromatic N) is 1. The van der Waals surface area contributed by atoms with E-state index in [1.165, 1.54) is 11.1 Å². The molecule has 1 aromatic rings. The Morgan fingerprint density at radius 1 is 1.25 bits per heavy atom. The molecule has 0 saturated heterocycles. The minimum Gasteiger partial charge on any atom is -0.321 e. The van der Waals surface area contributed by atoms with Gasteiger partial charge in [-0.25, -0.2) is 5.84 Å². The first-order valence-corrected chi connectivity index (χ1v) is 6.56. The first-order valence-electron chi connectivity index (χ1n) is 6.56. The zero-order valence-corrected chi connectivity index (χ0v) is 11.8. The van der Waals surface area contributed by atoms with Gasteiger partial charge in [0.2, 0.25) is 0 Å². The SMILES string of the molecule is C=C(/C=C\C=C/Cc1ccc(CC)cc1)/C(=N/N)NN. The fourth-order valence-corrected chi connectivity index (χ4v) is 1.66. The van der Waals surface area contributed by atoms with Crippen LogP contribution in [0.2, 0.25) is 0 Å². The van der Waals surface area contributed by atoms with Gasteiger partial charge >= 0.3 is 0 Å². The molecular formula is C16H22N4. The first-order chi connectivity index (χ1) is 9.71. The maximum Gasteiger partial charge on any atom is 0.166 e. The number of benzene rings is 1. The molecule has 106 valence electrons. The van der Waals surface area contributed by atoms with Gasteiger partial charge in [-0.3, -0.25) is 0 Å². The normalized spacial score (nSPS) is 12.2. The zero-order chi connectivity index (χ0) is 14.8. The van der Waals surface area contributed by atoms with Crippen LogP contribution in [0.3, 0.4) is 0 Å². The maximum atomic E-state index is 5.24. The van der Waals surface area contributed by atoms with Crippen molar-refractivity contribution in [3.63, 3.8) is 0 Å². The molecule has 0 amide bonds. The van der Waals surface area contributed by atoms with Crippen LogP contribution in [0.5, 0.6) is 0 Å². The van der Waals surface area contributed by atoms with Crippen LogP contribution in [-0.4, -0.2) is 5.84 Å². The van der Waals surface area contributed by atoms with Crippen LogP contribution in [0.4, 0.5) is 0 Å². The number of allylic oxidation sites excluding steroid dienone is 3. The van der Waals surface area contributed by atoms with Crippen LogP contribution in [-0.2, 0) is 12.8 Å². The molecule has 0 fully saturated rings. The Morgan fingerprint density at radius 3 is 2.45 bits per heavy atom. The number of aryl methyl sites for hydroxylation is 1. The quantitative estimate of drug-likeness (QED) is 0.244. The van der Waals surface area contributed by atoms with Crippen LogP contribution >= 0.6 is 0 Å². The summed E-state index contributed by atoms with van der Waals surface area (Å²) in [6, 6.07) is 8.64. The van der Waals surface area contributed by atoms with Gasteiger partial charge in [-0.2, -0.15) is 5.10 Å². The number of hydrazone groups is 1. The molecule has 1 rings (SSSR count). The smallest absolute Gasteiger partial charge is 0.166 e. The summed E-state index contributed by atoms with van der Waals surface area (Å²) < 4.78 is 0. The summed E-state index contributed by atoms with van der Waals surface area (Å²) in [6.45, 7) is 5.95. The van der Waals surface area contributed by atoms with Crippen molar-refractivity contribution in [1.82, 2.24) is 5.43 Å². The van der Waals surface area contributed by atoms with E-state index in [9.17, 15) is 0 Å². The number of nitrogens with one attached hydrogen (secondary N) is 1. The van der Waals surface area contributed by atoms with E-state index in [-0.39, 0.29) is 0 Å². The van der Waals surface area contributed by atoms with Gasteiger partial charge in [0, 0.05) is 5.57 Å². The Morgan fingerprint density at radius 2 is 1.90 bits per heavy atom. The van der Waals surface area contributed by atoms with Crippen LogP contribution < -0.4 is 17.1 Å². The average Bonchev–Trinajstić information content (AvgIpc) is 2.49. The molecule has 0 bridgehead atoms. The van der Waals surface area contributed by atoms with E-state index in [1.54, 1.807) is 6.08 Å². The molecule has 0 aliphatic carbocycles. The molecule has 0 saturated carbocycles. The molecule has 0 spiro atoms. The van der Waals surface area contributed by atoms with E-state index in [2.05, 4.69) is 54.4 Å². The van der Waals surface area contributed by atoms with E-state index >= 15 is 0 Å². The third kappa shape index (κ3) is 5.12. The highest BCUT2D eigenvalue weighted by Gasteiger charge is 1.96. The number of rotatable bonds is 6. The Balaban J connectivity index is 2.47. The van der Waals surface area contributed by atoms with Crippen molar-refractivity contribution in [2.45, 2.75) is 19.8 Å². The summed E-state index contributed by atoms with van der Waals surface area (Å²) in [5.74, 6) is 10.8. The molecule has 0 unspecified atom stereocenters. The van der Waals surface area contributed by atoms with Gasteiger partial charge in [-0.1, -0.05) is 62.1 Å². The molecule has 0 atom stereocenters. The van der Waals surface area contributed by atoms with E-state index < -0.39 is 0 Å². The second-order valence-corrected chi connectivity index (χ2v) is 4.31. The van der Waals surface area contributed by atoms with E-state index in [0.717, 1.165) is 12.8 Å². The highest BCUT2D eigenvalue weighted by Crippen LogP contribution is 2.06. The summed E-state index contributed by atoms with van der Waals surface area (Å²) in [7, 11) is 0. The lowest BCUT2D eigenvalue weighted by molar-refractivity contribution is 1.00. The van der Waals surface area contributed by atoms with Gasteiger partial charge in [0.25, 0.3) is 0 Å². The topological polar surface area (TPSA) is 76.4 Å². The predicted molar refractivity (Wildman–Crippen MR) is 85.9 cm³/mol. The van der Waals surface area contributed by atoms with E-state index in [0.29, 0.717) is 11.4 Å². The van der Waals surface area contributed by atoms with Gasteiger partial charge in [0.1, 0.15) is 0 Å². The fourth-order valence-electron chi connectivity index (χ4n) is 1.66. The predicted octanol–water partition coefficient (Wildman–Crippen LogP) is 2.20. The summed E-state index contributed by atoms with van der Waals surface area (Å²) in [6.07, 6.45) is 9.69. The molecule has 5 N–H and O–H groups in total. The molecule has 4 heteroatoms. The van der Waals surface area contributed by atoms with Gasteiger partial charge < -0.3 is 11.3 Å². The van der Waals surface area contributed by atoms with Gasteiger partial charge in [0.05, 0.1) is 0 Å². The average molecular weight is 270 g/mol. The summed E-state index contributed by atoms with van der Waals surface area (Å²) in [5, 5.41) is 3.47. The summed E-state index contributed by atoms with van der Waals surface area (Å²) >= 11 is 0. The minimum absolute atomic E-state index is 0.366. The standard InChI is InChI=1S/C16H22N4/c1-3-14-9-11-15(12-10-14)8-6-4-5-7-13(2)16(19-17)20-18/h4-7,9-12H,2-3,8,17-18H2,1H3,(H,19,20)/b6-4-,7-5-. The largest absolute Gasteiger partial charge is 0.321 e. The number of hydrogen-bond donors (Lipinski definition) is 3. The third-order valence-corrected chi connectivity index (χ3v) is 2.90. The van der Waals surface area contributed by atoms with Crippen molar-refractivity contribution in [2.24, 2.45) is 16.8 Å². The lowest BCUT2D eigenvalue weighted by Gasteiger charge is -2.01. The molecule has 4 nitrogen and oxygen atoms in total. The Bertz CT molecular complexity index is 510. The highest BCUT2D eigenvalue weighted by molar-refractivity contribution is 5.99. The molecule has 0 heterocycles. The zero-order valence-electron chi connectivity index (χ0n) is 11.8. The molecule has 20 heavy (non-hydrogen) atoms. The molecule has 0 aromatic heterocycles. The van der Waals surface area contributed by atoms with Crippen molar-refractivity contribution >= 4 is 5.84 Å². The highest BCUT2D eigenvalue weighted by atomic mass is 15.3. The minimum atomic E-state index is 0.366. The number of amidine groups is 1. The van der Waals surface area contributed by atoms with Crippen molar-refractivity contribution in [2.75, 3.05) is 0 Å². The van der Waals surface area contributed by atoms with Gasteiger partial charge in [0.15, 0.2) is 5.84 Å². The second-order valence-electron chi connectivity index (χ2n) is 4.31. The van der Waals surface area contributed by atoms with Crippen molar-refractivity contribution < 1.29 is 0 Å². The number of hydrazine groups is 1.